The molecule has 2 rings (SSSR count). The number of benzene rings is 1. The minimum absolute atomic E-state index is 0.228. The number of rotatable bonds is 2. The van der Waals surface area contributed by atoms with Crippen LogP contribution >= 0.6 is 11.6 Å². The Morgan fingerprint density at radius 2 is 1.88 bits per heavy atom. The Hall–Kier alpha value is -0.820. The molecule has 1 nitrogen and oxygen atoms in total. The Morgan fingerprint density at radius 3 is 2.50 bits per heavy atom. The van der Waals surface area contributed by atoms with E-state index in [0.29, 0.717) is 5.02 Å². The molecular formula is C14H17ClO. The van der Waals surface area contributed by atoms with E-state index in [1.807, 2.05) is 19.1 Å². The number of Topliss-reactive ketones (excluding diaryl/α,β-unsaturated/α-hetero) is 1. The van der Waals surface area contributed by atoms with E-state index >= 15 is 0 Å². The van der Waals surface area contributed by atoms with Crippen molar-refractivity contribution in [3.63, 3.8) is 0 Å². The fourth-order valence-corrected chi connectivity index (χ4v) is 2.77. The molecule has 0 bridgehead atoms. The molecule has 86 valence electrons. The third kappa shape index (κ3) is 2.65. The maximum absolute atomic E-state index is 12.2. The van der Waals surface area contributed by atoms with Gasteiger partial charge in [-0.15, -0.1) is 0 Å². The predicted molar refractivity (Wildman–Crippen MR) is 67.1 cm³/mol. The molecule has 0 atom stereocenters. The van der Waals surface area contributed by atoms with Gasteiger partial charge in [0.05, 0.1) is 0 Å². The zero-order chi connectivity index (χ0) is 11.5. The number of carbonyl (C=O) groups is 1. The summed E-state index contributed by atoms with van der Waals surface area (Å²) < 4.78 is 0. The molecule has 2 heteroatoms. The highest BCUT2D eigenvalue weighted by molar-refractivity contribution is 6.31. The van der Waals surface area contributed by atoms with Crippen LogP contribution in [0.5, 0.6) is 0 Å². The molecule has 0 spiro atoms. The lowest BCUT2D eigenvalue weighted by molar-refractivity contribution is 0.0889. The lowest BCUT2D eigenvalue weighted by Crippen LogP contribution is -2.17. The molecule has 1 fully saturated rings. The maximum Gasteiger partial charge on any atom is 0.166 e. The van der Waals surface area contributed by atoms with E-state index in [4.69, 9.17) is 11.6 Å². The molecule has 0 aromatic heterocycles. The van der Waals surface area contributed by atoms with E-state index < -0.39 is 0 Å². The highest BCUT2D eigenvalue weighted by Crippen LogP contribution is 2.28. The quantitative estimate of drug-likeness (QED) is 0.695. The molecule has 1 aromatic rings. The van der Waals surface area contributed by atoms with Gasteiger partial charge >= 0.3 is 0 Å². The van der Waals surface area contributed by atoms with E-state index in [9.17, 15) is 4.79 Å². The highest BCUT2D eigenvalue weighted by Gasteiger charge is 2.22. The zero-order valence-electron chi connectivity index (χ0n) is 9.63. The number of hydrogen-bond donors (Lipinski definition) is 0. The number of carbonyl (C=O) groups excluding carboxylic acids is 1. The largest absolute Gasteiger partial charge is 0.294 e. The summed E-state index contributed by atoms with van der Waals surface area (Å²) in [5, 5.41) is 0.666. The van der Waals surface area contributed by atoms with Crippen LogP contribution in [0.25, 0.3) is 0 Å². The molecule has 1 saturated carbocycles. The summed E-state index contributed by atoms with van der Waals surface area (Å²) in [6, 6.07) is 5.63. The van der Waals surface area contributed by atoms with Gasteiger partial charge in [-0.05, 0) is 43.5 Å². The lowest BCUT2D eigenvalue weighted by Gasteiger charge is -2.20. The molecule has 16 heavy (non-hydrogen) atoms. The number of hydrogen-bond acceptors (Lipinski definition) is 1. The Kier molecular flexibility index (Phi) is 3.65. The molecule has 0 radical (unpaired) electrons. The van der Waals surface area contributed by atoms with Crippen molar-refractivity contribution in [2.24, 2.45) is 5.92 Å². The molecule has 0 saturated heterocycles. The van der Waals surface area contributed by atoms with Crippen molar-refractivity contribution in [2.75, 3.05) is 0 Å². The van der Waals surface area contributed by atoms with Gasteiger partial charge in [0.25, 0.3) is 0 Å². The van der Waals surface area contributed by atoms with Crippen LogP contribution in [-0.2, 0) is 0 Å². The van der Waals surface area contributed by atoms with Gasteiger partial charge in [0.15, 0.2) is 5.78 Å². The summed E-state index contributed by atoms with van der Waals surface area (Å²) >= 11 is 5.98. The van der Waals surface area contributed by atoms with Crippen molar-refractivity contribution < 1.29 is 4.79 Å². The van der Waals surface area contributed by atoms with Crippen molar-refractivity contribution >= 4 is 17.4 Å². The molecule has 0 N–H and O–H groups in total. The van der Waals surface area contributed by atoms with Gasteiger partial charge in [0, 0.05) is 16.5 Å². The zero-order valence-corrected chi connectivity index (χ0v) is 10.4. The van der Waals surface area contributed by atoms with Crippen molar-refractivity contribution in [3.8, 4) is 0 Å². The average molecular weight is 237 g/mol. The number of aryl methyl sites for hydroxylation is 1. The number of halogens is 1. The van der Waals surface area contributed by atoms with Crippen LogP contribution in [0.3, 0.4) is 0 Å². The summed E-state index contributed by atoms with van der Waals surface area (Å²) in [5.41, 5.74) is 1.85. The van der Waals surface area contributed by atoms with E-state index in [-0.39, 0.29) is 11.7 Å². The normalized spacial score (nSPS) is 17.4. The first-order valence-electron chi connectivity index (χ1n) is 5.98. The first-order chi connectivity index (χ1) is 7.66. The van der Waals surface area contributed by atoms with Crippen LogP contribution in [-0.4, -0.2) is 5.78 Å². The molecule has 0 unspecified atom stereocenters. The second kappa shape index (κ2) is 5.01. The standard InChI is InChI=1S/C14H17ClO/c1-10-7-12(9-13(15)8-10)14(16)11-5-3-2-4-6-11/h7-9,11H,2-6H2,1H3. The molecule has 0 amide bonds. The average Bonchev–Trinajstić information content (AvgIpc) is 2.28. The first kappa shape index (κ1) is 11.7. The van der Waals surface area contributed by atoms with Gasteiger partial charge in [-0.3, -0.25) is 4.79 Å². The molecule has 0 heterocycles. The van der Waals surface area contributed by atoms with Crippen LogP contribution < -0.4 is 0 Å². The third-order valence-electron chi connectivity index (χ3n) is 3.30. The second-order valence-electron chi connectivity index (χ2n) is 4.72. The SMILES string of the molecule is Cc1cc(Cl)cc(C(=O)C2CCCCC2)c1. The number of ketones is 1. The van der Waals surface area contributed by atoms with Crippen LogP contribution in [0, 0.1) is 12.8 Å². The van der Waals surface area contributed by atoms with Crippen LogP contribution in [0.15, 0.2) is 18.2 Å². The Morgan fingerprint density at radius 1 is 1.19 bits per heavy atom. The van der Waals surface area contributed by atoms with Crippen molar-refractivity contribution in [1.82, 2.24) is 0 Å². The van der Waals surface area contributed by atoms with E-state index in [2.05, 4.69) is 0 Å². The summed E-state index contributed by atoms with van der Waals surface area (Å²) in [7, 11) is 0. The summed E-state index contributed by atoms with van der Waals surface area (Å²) in [6.45, 7) is 1.98. The van der Waals surface area contributed by atoms with Gasteiger partial charge in [-0.1, -0.05) is 30.9 Å². The highest BCUT2D eigenvalue weighted by atomic mass is 35.5. The van der Waals surface area contributed by atoms with Gasteiger partial charge in [0.2, 0.25) is 0 Å². The van der Waals surface area contributed by atoms with E-state index in [1.165, 1.54) is 19.3 Å². The van der Waals surface area contributed by atoms with Gasteiger partial charge in [-0.25, -0.2) is 0 Å². The third-order valence-corrected chi connectivity index (χ3v) is 3.52. The lowest BCUT2D eigenvalue weighted by atomic mass is 9.84. The smallest absolute Gasteiger partial charge is 0.166 e. The Balaban J connectivity index is 2.19. The summed E-state index contributed by atoms with van der Waals surface area (Å²) in [5.74, 6) is 0.511. The predicted octanol–water partition coefficient (Wildman–Crippen LogP) is 4.41. The van der Waals surface area contributed by atoms with Crippen LogP contribution in [0.2, 0.25) is 5.02 Å². The molecule has 0 aliphatic heterocycles. The van der Waals surface area contributed by atoms with Crippen LogP contribution in [0.1, 0.15) is 48.0 Å². The first-order valence-corrected chi connectivity index (χ1v) is 6.36. The molecule has 1 aliphatic rings. The van der Waals surface area contributed by atoms with E-state index in [1.54, 1.807) is 6.07 Å². The summed E-state index contributed by atoms with van der Waals surface area (Å²) in [6.07, 6.45) is 5.75. The Bertz CT molecular complexity index is 371. The fraction of sp³-hybridized carbons (Fsp3) is 0.500. The topological polar surface area (TPSA) is 17.1 Å². The van der Waals surface area contributed by atoms with E-state index in [0.717, 1.165) is 24.0 Å². The van der Waals surface area contributed by atoms with Gasteiger partial charge in [-0.2, -0.15) is 0 Å². The minimum Gasteiger partial charge on any atom is -0.294 e. The van der Waals surface area contributed by atoms with Crippen molar-refractivity contribution in [1.29, 1.82) is 0 Å². The Labute approximate surface area is 102 Å². The molecule has 1 aromatic carbocycles. The minimum atomic E-state index is 0.228. The van der Waals surface area contributed by atoms with Gasteiger partial charge in [0.1, 0.15) is 0 Å². The molecule has 1 aliphatic carbocycles. The molecular weight excluding hydrogens is 220 g/mol. The summed E-state index contributed by atoms with van der Waals surface area (Å²) in [4.78, 5) is 12.2. The monoisotopic (exact) mass is 236 g/mol. The fourth-order valence-electron chi connectivity index (χ4n) is 2.48. The van der Waals surface area contributed by atoms with Gasteiger partial charge < -0.3 is 0 Å². The van der Waals surface area contributed by atoms with Crippen molar-refractivity contribution in [3.05, 3.63) is 34.3 Å². The van der Waals surface area contributed by atoms with Crippen molar-refractivity contribution in [2.45, 2.75) is 39.0 Å². The van der Waals surface area contributed by atoms with Crippen LogP contribution in [0.4, 0.5) is 0 Å². The maximum atomic E-state index is 12.2. The second-order valence-corrected chi connectivity index (χ2v) is 5.15.